The Hall–Kier alpha value is -2.52. The summed E-state index contributed by atoms with van der Waals surface area (Å²) in [6, 6.07) is -0.745. The number of urea groups is 1. The molecule has 108 valence electrons. The molecule has 2 amide bonds. The highest BCUT2D eigenvalue weighted by Crippen LogP contribution is 2.20. The molecule has 0 atom stereocenters. The quantitative estimate of drug-likeness (QED) is 0.908. The van der Waals surface area contributed by atoms with Crippen molar-refractivity contribution in [2.75, 3.05) is 10.6 Å². The summed E-state index contributed by atoms with van der Waals surface area (Å²) in [4.78, 5) is 15.3. The number of nitrogens with one attached hydrogen (secondary N) is 2. The highest BCUT2D eigenvalue weighted by molar-refractivity contribution is 5.98. The number of alkyl halides is 3. The van der Waals surface area contributed by atoms with Crippen molar-refractivity contribution >= 4 is 17.7 Å². The van der Waals surface area contributed by atoms with Gasteiger partial charge >= 0.3 is 12.2 Å². The second kappa shape index (κ2) is 5.23. The Balaban J connectivity index is 2.02. The van der Waals surface area contributed by atoms with Crippen LogP contribution in [0.5, 0.6) is 0 Å². The molecule has 2 aromatic heterocycles. The van der Waals surface area contributed by atoms with E-state index in [0.717, 1.165) is 17.0 Å². The number of nitrogens with zero attached hydrogens (tertiary/aromatic N) is 3. The normalized spacial score (nSPS) is 11.4. The summed E-state index contributed by atoms with van der Waals surface area (Å²) in [5, 5.41) is 8.13. The fraction of sp³-hybridized carbons (Fsp3) is 0.300. The first-order valence-corrected chi connectivity index (χ1v) is 5.42. The lowest BCUT2D eigenvalue weighted by Crippen LogP contribution is -2.24. The van der Waals surface area contributed by atoms with Crippen molar-refractivity contribution in [1.29, 1.82) is 0 Å². The van der Waals surface area contributed by atoms with Crippen LogP contribution in [0.15, 0.2) is 23.2 Å². The Kier molecular flexibility index (Phi) is 3.63. The van der Waals surface area contributed by atoms with Gasteiger partial charge in [-0.05, 0) is 6.92 Å². The summed E-state index contributed by atoms with van der Waals surface area (Å²) in [5.41, 5.74) is 0.759. The van der Waals surface area contributed by atoms with Crippen molar-refractivity contribution in [3.05, 3.63) is 24.4 Å². The van der Waals surface area contributed by atoms with Crippen molar-refractivity contribution in [3.63, 3.8) is 0 Å². The summed E-state index contributed by atoms with van der Waals surface area (Å²) >= 11 is 0. The van der Waals surface area contributed by atoms with Gasteiger partial charge in [0, 0.05) is 12.4 Å². The van der Waals surface area contributed by atoms with Gasteiger partial charge in [0.25, 0.3) is 0 Å². The Bertz CT molecular complexity index is 604. The van der Waals surface area contributed by atoms with Crippen molar-refractivity contribution in [1.82, 2.24) is 14.7 Å². The predicted molar refractivity (Wildman–Crippen MR) is 62.2 cm³/mol. The highest BCUT2D eigenvalue weighted by atomic mass is 19.4. The van der Waals surface area contributed by atoms with Gasteiger partial charge in [-0.25, -0.2) is 9.78 Å². The van der Waals surface area contributed by atoms with E-state index < -0.39 is 18.8 Å². The van der Waals surface area contributed by atoms with Crippen LogP contribution in [0.4, 0.5) is 29.6 Å². The molecule has 0 saturated carbocycles. The monoisotopic (exact) mass is 289 g/mol. The zero-order valence-electron chi connectivity index (χ0n) is 10.2. The maximum Gasteiger partial charge on any atom is 0.406 e. The SMILES string of the molecule is Cc1nocc1NC(=O)Nc1nccn1CC(F)(F)F. The van der Waals surface area contributed by atoms with Gasteiger partial charge in [-0.15, -0.1) is 0 Å². The van der Waals surface area contributed by atoms with E-state index in [1.165, 1.54) is 6.26 Å². The third-order valence-corrected chi connectivity index (χ3v) is 2.29. The number of aromatic nitrogens is 3. The predicted octanol–water partition coefficient (Wildman–Crippen LogP) is 2.39. The number of anilines is 2. The van der Waals surface area contributed by atoms with Crippen LogP contribution in [0.25, 0.3) is 0 Å². The molecule has 0 aromatic carbocycles. The largest absolute Gasteiger partial charge is 0.406 e. The molecule has 2 aromatic rings. The fourth-order valence-electron chi connectivity index (χ4n) is 1.42. The molecule has 20 heavy (non-hydrogen) atoms. The number of hydrogen-bond acceptors (Lipinski definition) is 4. The lowest BCUT2D eigenvalue weighted by Gasteiger charge is -2.11. The summed E-state index contributed by atoms with van der Waals surface area (Å²) in [6.07, 6.45) is -0.921. The number of imidazole rings is 1. The number of halogens is 3. The molecule has 0 aliphatic heterocycles. The first kappa shape index (κ1) is 13.9. The van der Waals surface area contributed by atoms with E-state index in [4.69, 9.17) is 0 Å². The molecular weight excluding hydrogens is 279 g/mol. The molecule has 10 heteroatoms. The van der Waals surface area contributed by atoms with Crippen molar-refractivity contribution in [2.24, 2.45) is 0 Å². The Morgan fingerprint density at radius 1 is 1.45 bits per heavy atom. The van der Waals surface area contributed by atoms with Crippen LogP contribution in [0.1, 0.15) is 5.69 Å². The topological polar surface area (TPSA) is 85.0 Å². The van der Waals surface area contributed by atoms with E-state index in [1.807, 2.05) is 0 Å². The standard InChI is InChI=1S/C10H10F3N5O2/c1-6-7(4-20-17-6)15-9(19)16-8-14-2-3-18(8)5-10(11,12)13/h2-4H,5H2,1H3,(H2,14,15,16,19). The van der Waals surface area contributed by atoms with Gasteiger partial charge in [0.1, 0.15) is 24.2 Å². The van der Waals surface area contributed by atoms with Gasteiger partial charge in [-0.2, -0.15) is 13.2 Å². The molecule has 0 unspecified atom stereocenters. The lowest BCUT2D eigenvalue weighted by atomic mass is 10.4. The number of carbonyl (C=O) groups is 1. The number of hydrogen-bond donors (Lipinski definition) is 2. The summed E-state index contributed by atoms with van der Waals surface area (Å²) in [6.45, 7) is 0.360. The van der Waals surface area contributed by atoms with Gasteiger partial charge in [0.15, 0.2) is 0 Å². The first-order valence-electron chi connectivity index (χ1n) is 5.42. The summed E-state index contributed by atoms with van der Waals surface area (Å²) < 4.78 is 42.3. The average Bonchev–Trinajstić information content (AvgIpc) is 2.88. The summed E-state index contributed by atoms with van der Waals surface area (Å²) in [7, 11) is 0. The molecule has 7 nitrogen and oxygen atoms in total. The zero-order valence-corrected chi connectivity index (χ0v) is 10.2. The van der Waals surface area contributed by atoms with Crippen LogP contribution in [0.2, 0.25) is 0 Å². The molecule has 0 aliphatic rings. The Labute approximate surface area is 110 Å². The number of rotatable bonds is 3. The van der Waals surface area contributed by atoms with Crippen molar-refractivity contribution in [3.8, 4) is 0 Å². The molecule has 2 N–H and O–H groups in total. The molecular formula is C10H10F3N5O2. The molecule has 2 heterocycles. The highest BCUT2D eigenvalue weighted by Gasteiger charge is 2.29. The van der Waals surface area contributed by atoms with E-state index in [9.17, 15) is 18.0 Å². The number of aryl methyl sites for hydroxylation is 1. The molecule has 0 bridgehead atoms. The van der Waals surface area contributed by atoms with Crippen LogP contribution < -0.4 is 10.6 Å². The molecule has 0 saturated heterocycles. The molecule has 0 fully saturated rings. The number of amides is 2. The Morgan fingerprint density at radius 2 is 2.20 bits per heavy atom. The van der Waals surface area contributed by atoms with Crippen LogP contribution in [0.3, 0.4) is 0 Å². The smallest absolute Gasteiger partial charge is 0.362 e. The minimum Gasteiger partial charge on any atom is -0.362 e. The average molecular weight is 289 g/mol. The van der Waals surface area contributed by atoms with E-state index in [0.29, 0.717) is 11.4 Å². The molecule has 0 aliphatic carbocycles. The van der Waals surface area contributed by atoms with Crippen LogP contribution in [-0.2, 0) is 6.54 Å². The van der Waals surface area contributed by atoms with Gasteiger partial charge in [0.05, 0.1) is 0 Å². The minimum absolute atomic E-state index is 0.214. The Morgan fingerprint density at radius 3 is 2.80 bits per heavy atom. The van der Waals surface area contributed by atoms with Crippen LogP contribution >= 0.6 is 0 Å². The number of carbonyl (C=O) groups excluding carboxylic acids is 1. The maximum absolute atomic E-state index is 12.3. The zero-order chi connectivity index (χ0) is 14.8. The van der Waals surface area contributed by atoms with Gasteiger partial charge in [-0.1, -0.05) is 5.16 Å². The minimum atomic E-state index is -4.40. The second-order valence-corrected chi connectivity index (χ2v) is 3.89. The molecule has 2 rings (SSSR count). The summed E-state index contributed by atoms with van der Waals surface area (Å²) in [5.74, 6) is -0.214. The van der Waals surface area contributed by atoms with Gasteiger partial charge in [0.2, 0.25) is 5.95 Å². The van der Waals surface area contributed by atoms with Crippen molar-refractivity contribution in [2.45, 2.75) is 19.6 Å². The molecule has 0 spiro atoms. The van der Waals surface area contributed by atoms with Crippen molar-refractivity contribution < 1.29 is 22.5 Å². The maximum atomic E-state index is 12.3. The van der Waals surface area contributed by atoms with E-state index in [2.05, 4.69) is 25.3 Å². The molecule has 0 radical (unpaired) electrons. The van der Waals surface area contributed by atoms with Gasteiger partial charge in [-0.3, -0.25) is 5.32 Å². The van der Waals surface area contributed by atoms with Gasteiger partial charge < -0.3 is 14.4 Å². The first-order chi connectivity index (χ1) is 9.35. The van der Waals surface area contributed by atoms with Crippen LogP contribution in [0, 0.1) is 6.92 Å². The lowest BCUT2D eigenvalue weighted by molar-refractivity contribution is -0.140. The third-order valence-electron chi connectivity index (χ3n) is 2.29. The van der Waals surface area contributed by atoms with E-state index in [-0.39, 0.29) is 5.95 Å². The van der Waals surface area contributed by atoms with Crippen LogP contribution in [-0.4, -0.2) is 26.9 Å². The third kappa shape index (κ3) is 3.49. The van der Waals surface area contributed by atoms with E-state index in [1.54, 1.807) is 6.92 Å². The fourth-order valence-corrected chi connectivity index (χ4v) is 1.42. The van der Waals surface area contributed by atoms with E-state index >= 15 is 0 Å². The second-order valence-electron chi connectivity index (χ2n) is 3.89.